The Labute approximate surface area is 145 Å². The van der Waals surface area contributed by atoms with E-state index in [0.717, 1.165) is 24.4 Å². The third-order valence-corrected chi connectivity index (χ3v) is 3.78. The Morgan fingerprint density at radius 3 is 2.83 bits per heavy atom. The van der Waals surface area contributed by atoms with Crippen molar-refractivity contribution in [3.8, 4) is 5.75 Å². The smallest absolute Gasteiger partial charge is 0.407 e. The van der Waals surface area contributed by atoms with Crippen LogP contribution in [-0.2, 0) is 11.2 Å². The number of benzene rings is 1. The van der Waals surface area contributed by atoms with E-state index in [2.05, 4.69) is 29.7 Å². The maximum absolute atomic E-state index is 11.7. The molecule has 0 radical (unpaired) electrons. The molecule has 2 rings (SSSR count). The van der Waals surface area contributed by atoms with Crippen LogP contribution in [-0.4, -0.2) is 30.9 Å². The fourth-order valence-electron chi connectivity index (χ4n) is 2.66. The minimum Gasteiger partial charge on any atom is -0.488 e. The van der Waals surface area contributed by atoms with Crippen LogP contribution in [0.2, 0.25) is 0 Å². The van der Waals surface area contributed by atoms with Crippen molar-refractivity contribution >= 4 is 11.8 Å². The van der Waals surface area contributed by atoms with Gasteiger partial charge in [0, 0.05) is 18.7 Å². The zero-order chi connectivity index (χ0) is 17.6. The first kappa shape index (κ1) is 18.4. The van der Waals surface area contributed by atoms with Crippen molar-refractivity contribution in [3.63, 3.8) is 0 Å². The van der Waals surface area contributed by atoms with Gasteiger partial charge in [0.2, 0.25) is 0 Å². The molecule has 0 saturated heterocycles. The predicted octanol–water partition coefficient (Wildman–Crippen LogP) is 4.12. The fraction of sp³-hybridized carbons (Fsp3) is 0.632. The highest BCUT2D eigenvalue weighted by atomic mass is 16.6. The number of hydrogen-bond acceptors (Lipinski definition) is 4. The van der Waals surface area contributed by atoms with Gasteiger partial charge in [-0.2, -0.15) is 0 Å². The number of alkyl carbamates (subject to hydrolysis) is 1. The summed E-state index contributed by atoms with van der Waals surface area (Å²) in [6.07, 6.45) is 4.02. The van der Waals surface area contributed by atoms with E-state index >= 15 is 0 Å². The first-order valence-corrected chi connectivity index (χ1v) is 8.87. The molecule has 2 N–H and O–H groups in total. The van der Waals surface area contributed by atoms with E-state index in [1.807, 2.05) is 26.8 Å². The lowest BCUT2D eigenvalue weighted by atomic mass is 10.1. The molecule has 1 amide bonds. The first-order chi connectivity index (χ1) is 11.4. The van der Waals surface area contributed by atoms with Crippen LogP contribution in [0, 0.1) is 0 Å². The molecule has 0 saturated carbocycles. The highest BCUT2D eigenvalue weighted by Gasteiger charge is 2.24. The fourth-order valence-corrected chi connectivity index (χ4v) is 2.66. The summed E-state index contributed by atoms with van der Waals surface area (Å²) in [6, 6.07) is 6.20. The molecule has 134 valence electrons. The molecule has 0 spiro atoms. The Kier molecular flexibility index (Phi) is 6.35. The largest absolute Gasteiger partial charge is 0.488 e. The zero-order valence-electron chi connectivity index (χ0n) is 15.3. The van der Waals surface area contributed by atoms with Crippen molar-refractivity contribution in [1.82, 2.24) is 5.32 Å². The molecular formula is C19H30N2O3. The van der Waals surface area contributed by atoms with E-state index in [-0.39, 0.29) is 6.10 Å². The van der Waals surface area contributed by atoms with Crippen LogP contribution in [0.5, 0.6) is 5.75 Å². The SMILES string of the molecule is CCCCCNc1ccc2c(c1)CC(CNC(=O)OC(C)(C)C)O2. The molecule has 5 nitrogen and oxygen atoms in total. The summed E-state index contributed by atoms with van der Waals surface area (Å²) in [6.45, 7) is 9.20. The Morgan fingerprint density at radius 1 is 1.33 bits per heavy atom. The molecule has 0 fully saturated rings. The van der Waals surface area contributed by atoms with Gasteiger partial charge < -0.3 is 20.1 Å². The van der Waals surface area contributed by atoms with Crippen molar-refractivity contribution in [2.45, 2.75) is 65.1 Å². The molecule has 0 aliphatic carbocycles. The summed E-state index contributed by atoms with van der Waals surface area (Å²) in [4.78, 5) is 11.7. The second kappa shape index (κ2) is 8.27. The first-order valence-electron chi connectivity index (χ1n) is 8.87. The normalized spacial score (nSPS) is 16.2. The van der Waals surface area contributed by atoms with Gasteiger partial charge >= 0.3 is 6.09 Å². The van der Waals surface area contributed by atoms with Crippen molar-refractivity contribution in [2.75, 3.05) is 18.4 Å². The monoisotopic (exact) mass is 334 g/mol. The lowest BCUT2D eigenvalue weighted by Gasteiger charge is -2.20. The Bertz CT molecular complexity index is 552. The van der Waals surface area contributed by atoms with Crippen LogP contribution in [0.1, 0.15) is 52.5 Å². The van der Waals surface area contributed by atoms with Gasteiger partial charge in [0.15, 0.2) is 0 Å². The molecule has 1 aromatic carbocycles. The molecule has 5 heteroatoms. The summed E-state index contributed by atoms with van der Waals surface area (Å²) in [5.74, 6) is 0.907. The number of amides is 1. The summed E-state index contributed by atoms with van der Waals surface area (Å²) < 4.78 is 11.1. The number of unbranched alkanes of at least 4 members (excludes halogenated alkanes) is 2. The van der Waals surface area contributed by atoms with Crippen molar-refractivity contribution < 1.29 is 14.3 Å². The predicted molar refractivity (Wildman–Crippen MR) is 96.8 cm³/mol. The average molecular weight is 334 g/mol. The summed E-state index contributed by atoms with van der Waals surface area (Å²) in [5, 5.41) is 6.23. The van der Waals surface area contributed by atoms with E-state index in [1.165, 1.54) is 24.8 Å². The highest BCUT2D eigenvalue weighted by molar-refractivity contribution is 5.67. The van der Waals surface area contributed by atoms with E-state index < -0.39 is 11.7 Å². The number of carbonyl (C=O) groups is 1. The van der Waals surface area contributed by atoms with Gasteiger partial charge in [-0.1, -0.05) is 19.8 Å². The van der Waals surface area contributed by atoms with Gasteiger partial charge in [-0.15, -0.1) is 0 Å². The lowest BCUT2D eigenvalue weighted by molar-refractivity contribution is 0.0506. The van der Waals surface area contributed by atoms with Crippen LogP contribution < -0.4 is 15.4 Å². The quantitative estimate of drug-likeness (QED) is 0.737. The third-order valence-electron chi connectivity index (χ3n) is 3.78. The van der Waals surface area contributed by atoms with Gasteiger partial charge in [0.25, 0.3) is 0 Å². The number of hydrogen-bond donors (Lipinski definition) is 2. The Morgan fingerprint density at radius 2 is 2.12 bits per heavy atom. The minimum absolute atomic E-state index is 0.0390. The summed E-state index contributed by atoms with van der Waals surface area (Å²) in [7, 11) is 0. The number of rotatable bonds is 7. The van der Waals surface area contributed by atoms with E-state index in [4.69, 9.17) is 9.47 Å². The summed E-state index contributed by atoms with van der Waals surface area (Å²) >= 11 is 0. The second-order valence-corrected chi connectivity index (χ2v) is 7.28. The van der Waals surface area contributed by atoms with Gasteiger partial charge in [-0.3, -0.25) is 0 Å². The molecule has 1 unspecified atom stereocenters. The molecule has 24 heavy (non-hydrogen) atoms. The van der Waals surface area contributed by atoms with E-state index in [1.54, 1.807) is 0 Å². The van der Waals surface area contributed by atoms with E-state index in [9.17, 15) is 4.79 Å². The maximum Gasteiger partial charge on any atom is 0.407 e. The minimum atomic E-state index is -0.484. The van der Waals surface area contributed by atoms with Crippen LogP contribution in [0.4, 0.5) is 10.5 Å². The third kappa shape index (κ3) is 5.95. The molecule has 0 bridgehead atoms. The van der Waals surface area contributed by atoms with Crippen LogP contribution >= 0.6 is 0 Å². The lowest BCUT2D eigenvalue weighted by Crippen LogP contribution is -2.38. The van der Waals surface area contributed by atoms with Crippen molar-refractivity contribution in [3.05, 3.63) is 23.8 Å². The molecule has 1 aliphatic heterocycles. The average Bonchev–Trinajstić information content (AvgIpc) is 2.90. The standard InChI is InChI=1S/C19H30N2O3/c1-5-6-7-10-20-15-8-9-17-14(11-15)12-16(23-17)13-21-18(22)24-19(2,3)4/h8-9,11,16,20H,5-7,10,12-13H2,1-4H3,(H,21,22). The van der Waals surface area contributed by atoms with Crippen molar-refractivity contribution in [2.24, 2.45) is 0 Å². The van der Waals surface area contributed by atoms with E-state index in [0.29, 0.717) is 6.54 Å². The number of anilines is 1. The Hall–Kier alpha value is -1.91. The molecule has 1 aliphatic rings. The molecule has 1 heterocycles. The number of carbonyl (C=O) groups excluding carboxylic acids is 1. The van der Waals surface area contributed by atoms with Gasteiger partial charge in [-0.25, -0.2) is 4.79 Å². The van der Waals surface area contributed by atoms with Crippen molar-refractivity contribution in [1.29, 1.82) is 0 Å². The number of ether oxygens (including phenoxy) is 2. The van der Waals surface area contributed by atoms with Gasteiger partial charge in [0.05, 0.1) is 6.54 Å². The Balaban J connectivity index is 1.78. The summed E-state index contributed by atoms with van der Waals surface area (Å²) in [5.41, 5.74) is 1.84. The van der Waals surface area contributed by atoms with Crippen LogP contribution in [0.3, 0.4) is 0 Å². The van der Waals surface area contributed by atoms with Gasteiger partial charge in [0.1, 0.15) is 17.5 Å². The van der Waals surface area contributed by atoms with Crippen LogP contribution in [0.15, 0.2) is 18.2 Å². The number of nitrogens with one attached hydrogen (secondary N) is 2. The van der Waals surface area contributed by atoms with Gasteiger partial charge in [-0.05, 0) is 51.0 Å². The molecular weight excluding hydrogens is 304 g/mol. The molecule has 0 aromatic heterocycles. The zero-order valence-corrected chi connectivity index (χ0v) is 15.3. The maximum atomic E-state index is 11.7. The number of fused-ring (bicyclic) bond motifs is 1. The topological polar surface area (TPSA) is 59.6 Å². The highest BCUT2D eigenvalue weighted by Crippen LogP contribution is 2.31. The van der Waals surface area contributed by atoms with Crippen LogP contribution in [0.25, 0.3) is 0 Å². The molecule has 1 aromatic rings. The second-order valence-electron chi connectivity index (χ2n) is 7.28. The molecule has 1 atom stereocenters.